The highest BCUT2D eigenvalue weighted by molar-refractivity contribution is 5.91. The zero-order chi connectivity index (χ0) is 10.3. The molecule has 3 N–H and O–H groups in total. The van der Waals surface area contributed by atoms with Crippen LogP contribution in [0.15, 0.2) is 4.99 Å². The number of aromatic nitrogens is 1. The van der Waals surface area contributed by atoms with Crippen molar-refractivity contribution in [3.05, 3.63) is 22.4 Å². The van der Waals surface area contributed by atoms with Crippen molar-refractivity contribution in [2.75, 3.05) is 0 Å². The van der Waals surface area contributed by atoms with Gasteiger partial charge < -0.3 is 5.43 Å². The number of hydrazine groups is 1. The zero-order valence-corrected chi connectivity index (χ0v) is 8.68. The lowest BCUT2D eigenvalue weighted by Gasteiger charge is -2.08. The summed E-state index contributed by atoms with van der Waals surface area (Å²) in [6.07, 6.45) is 0.770. The monoisotopic (exact) mass is 190 g/mol. The molecule has 0 aliphatic carbocycles. The number of aliphatic imine (C=N–C) groups is 1. The first-order chi connectivity index (χ1) is 6.63. The van der Waals surface area contributed by atoms with Crippen molar-refractivity contribution >= 4 is 11.7 Å². The minimum Gasteiger partial charge on any atom is -0.312 e. The van der Waals surface area contributed by atoms with Crippen LogP contribution < -0.4 is 11.3 Å². The van der Waals surface area contributed by atoms with Crippen molar-refractivity contribution < 1.29 is 0 Å². The van der Waals surface area contributed by atoms with E-state index in [0.29, 0.717) is 0 Å². The molecular formula is C10H14N4. The van der Waals surface area contributed by atoms with Crippen molar-refractivity contribution in [3.63, 3.8) is 0 Å². The van der Waals surface area contributed by atoms with Gasteiger partial charge in [0.2, 0.25) is 0 Å². The third kappa shape index (κ3) is 1.19. The molecule has 1 aromatic heterocycles. The van der Waals surface area contributed by atoms with Gasteiger partial charge in [0.25, 0.3) is 0 Å². The normalized spacial score (nSPS) is 13.9. The number of rotatable bonds is 0. The summed E-state index contributed by atoms with van der Waals surface area (Å²) >= 11 is 0. The lowest BCUT2D eigenvalue weighted by atomic mass is 10.0. The fourth-order valence-electron chi connectivity index (χ4n) is 1.70. The van der Waals surface area contributed by atoms with Gasteiger partial charge in [-0.2, -0.15) is 0 Å². The quantitative estimate of drug-likeness (QED) is 0.475. The highest BCUT2D eigenvalue weighted by Gasteiger charge is 2.19. The maximum Gasteiger partial charge on any atom is 0.158 e. The van der Waals surface area contributed by atoms with Crippen LogP contribution in [0.2, 0.25) is 0 Å². The van der Waals surface area contributed by atoms with Crippen molar-refractivity contribution in [1.29, 1.82) is 0 Å². The molecule has 1 aliphatic heterocycles. The van der Waals surface area contributed by atoms with Crippen LogP contribution in [0.4, 0.5) is 5.82 Å². The number of hydrogen-bond donors (Lipinski definition) is 2. The van der Waals surface area contributed by atoms with Gasteiger partial charge in [-0.15, -0.1) is 0 Å². The van der Waals surface area contributed by atoms with Gasteiger partial charge in [0, 0.05) is 17.7 Å². The summed E-state index contributed by atoms with van der Waals surface area (Å²) in [5.74, 6) is 6.94. The van der Waals surface area contributed by atoms with E-state index >= 15 is 0 Å². The third-order valence-electron chi connectivity index (χ3n) is 2.85. The van der Waals surface area contributed by atoms with E-state index in [-0.39, 0.29) is 0 Å². The smallest absolute Gasteiger partial charge is 0.158 e. The Labute approximate surface area is 83.2 Å². The van der Waals surface area contributed by atoms with Gasteiger partial charge in [0.1, 0.15) is 5.84 Å². The summed E-state index contributed by atoms with van der Waals surface area (Å²) in [7, 11) is 0. The average molecular weight is 190 g/mol. The Morgan fingerprint density at radius 2 is 1.93 bits per heavy atom. The molecule has 14 heavy (non-hydrogen) atoms. The van der Waals surface area contributed by atoms with E-state index in [1.807, 2.05) is 6.92 Å². The van der Waals surface area contributed by atoms with Gasteiger partial charge in [0.15, 0.2) is 5.82 Å². The molecule has 0 amide bonds. The predicted octanol–water partition coefficient (Wildman–Crippen LogP) is 1.06. The highest BCUT2D eigenvalue weighted by atomic mass is 15.3. The van der Waals surface area contributed by atoms with Crippen LogP contribution in [0.1, 0.15) is 22.4 Å². The topological polar surface area (TPSA) is 63.3 Å². The zero-order valence-electron chi connectivity index (χ0n) is 8.68. The number of pyridine rings is 1. The van der Waals surface area contributed by atoms with Gasteiger partial charge in [0.05, 0.1) is 0 Å². The fraction of sp³-hybridized carbons (Fsp3) is 0.400. The summed E-state index contributed by atoms with van der Waals surface area (Å²) in [6, 6.07) is 0. The van der Waals surface area contributed by atoms with Crippen LogP contribution in [0.3, 0.4) is 0 Å². The lowest BCUT2D eigenvalue weighted by Crippen LogP contribution is -2.30. The van der Waals surface area contributed by atoms with Crippen molar-refractivity contribution in [3.8, 4) is 0 Å². The molecule has 0 saturated carbocycles. The first kappa shape index (κ1) is 9.15. The minimum absolute atomic E-state index is 0.770. The van der Waals surface area contributed by atoms with Gasteiger partial charge in [-0.25, -0.2) is 15.8 Å². The van der Waals surface area contributed by atoms with E-state index in [0.717, 1.165) is 23.8 Å². The molecular weight excluding hydrogens is 176 g/mol. The van der Waals surface area contributed by atoms with Crippen molar-refractivity contribution in [2.45, 2.75) is 27.2 Å². The number of nitrogens with zero attached hydrogens (tertiary/aromatic N) is 2. The molecule has 0 spiro atoms. The van der Waals surface area contributed by atoms with Gasteiger partial charge >= 0.3 is 0 Å². The molecule has 0 unspecified atom stereocenters. The van der Waals surface area contributed by atoms with Crippen molar-refractivity contribution in [2.24, 2.45) is 10.8 Å². The molecule has 0 radical (unpaired) electrons. The third-order valence-corrected chi connectivity index (χ3v) is 2.85. The van der Waals surface area contributed by atoms with Crippen LogP contribution in [0, 0.1) is 20.8 Å². The molecule has 0 atom stereocenters. The second-order valence-electron chi connectivity index (χ2n) is 3.63. The molecule has 1 aromatic rings. The summed E-state index contributed by atoms with van der Waals surface area (Å²) in [4.78, 5) is 8.73. The lowest BCUT2D eigenvalue weighted by molar-refractivity contribution is 1.00. The van der Waals surface area contributed by atoms with E-state index < -0.39 is 0 Å². The predicted molar refractivity (Wildman–Crippen MR) is 56.6 cm³/mol. The molecule has 0 fully saturated rings. The number of aryl methyl sites for hydroxylation is 1. The van der Waals surface area contributed by atoms with Crippen LogP contribution >= 0.6 is 0 Å². The summed E-state index contributed by atoms with van der Waals surface area (Å²) in [5, 5.41) is 0. The maximum absolute atomic E-state index is 5.33. The van der Waals surface area contributed by atoms with Crippen LogP contribution in [0.25, 0.3) is 0 Å². The van der Waals surface area contributed by atoms with Crippen LogP contribution in [-0.2, 0) is 6.42 Å². The SMILES string of the molecule is Cc1nc2c(c(C)c1C)CC(NN)=N2. The largest absolute Gasteiger partial charge is 0.312 e. The van der Waals surface area contributed by atoms with Gasteiger partial charge in [-0.3, -0.25) is 0 Å². The van der Waals surface area contributed by atoms with E-state index in [1.54, 1.807) is 0 Å². The van der Waals surface area contributed by atoms with Crippen molar-refractivity contribution in [1.82, 2.24) is 10.4 Å². The van der Waals surface area contributed by atoms with Gasteiger partial charge in [-0.1, -0.05) is 0 Å². The molecule has 2 heterocycles. The van der Waals surface area contributed by atoms with Gasteiger partial charge in [-0.05, 0) is 31.9 Å². The Balaban J connectivity index is 2.56. The standard InChI is InChI=1S/C10H14N4/c1-5-6(2)8-4-9(14-11)13-10(8)12-7(5)3/h4,11H2,1-3H3,(H,12,13,14). The Hall–Kier alpha value is -1.42. The summed E-state index contributed by atoms with van der Waals surface area (Å²) in [6.45, 7) is 6.20. The maximum atomic E-state index is 5.33. The number of amidine groups is 1. The summed E-state index contributed by atoms with van der Waals surface area (Å²) in [5.41, 5.74) is 7.35. The van der Waals surface area contributed by atoms with Crippen LogP contribution in [0.5, 0.6) is 0 Å². The van der Waals surface area contributed by atoms with E-state index in [4.69, 9.17) is 5.84 Å². The van der Waals surface area contributed by atoms with E-state index in [1.165, 1.54) is 16.7 Å². The second kappa shape index (κ2) is 3.06. The second-order valence-corrected chi connectivity index (χ2v) is 3.63. The Morgan fingerprint density at radius 1 is 1.21 bits per heavy atom. The molecule has 74 valence electrons. The molecule has 0 saturated heterocycles. The number of fused-ring (bicyclic) bond motifs is 1. The summed E-state index contributed by atoms with van der Waals surface area (Å²) < 4.78 is 0. The highest BCUT2D eigenvalue weighted by Crippen LogP contribution is 2.29. The average Bonchev–Trinajstić information content (AvgIpc) is 2.57. The first-order valence-corrected chi connectivity index (χ1v) is 4.64. The molecule has 4 nitrogen and oxygen atoms in total. The molecule has 4 heteroatoms. The number of nitrogens with one attached hydrogen (secondary N) is 1. The van der Waals surface area contributed by atoms with E-state index in [9.17, 15) is 0 Å². The number of nitrogens with two attached hydrogens (primary N) is 1. The molecule has 1 aliphatic rings. The molecule has 0 aromatic carbocycles. The fourth-order valence-corrected chi connectivity index (χ4v) is 1.70. The Bertz CT molecular complexity index is 421. The number of hydrogen-bond acceptors (Lipinski definition) is 4. The first-order valence-electron chi connectivity index (χ1n) is 4.64. The Kier molecular flexibility index (Phi) is 2.00. The van der Waals surface area contributed by atoms with E-state index in [2.05, 4.69) is 29.2 Å². The Morgan fingerprint density at radius 3 is 2.57 bits per heavy atom. The minimum atomic E-state index is 0.770. The molecule has 2 rings (SSSR count). The molecule has 0 bridgehead atoms. The van der Waals surface area contributed by atoms with Crippen LogP contribution in [-0.4, -0.2) is 10.8 Å².